The summed E-state index contributed by atoms with van der Waals surface area (Å²) in [5.74, 6) is -0.582. The Labute approximate surface area is 139 Å². The van der Waals surface area contributed by atoms with Crippen LogP contribution in [0.2, 0.25) is 0 Å². The first-order chi connectivity index (χ1) is 8.63. The minimum absolute atomic E-state index is 0. The van der Waals surface area contributed by atoms with Crippen LogP contribution in [0.25, 0.3) is 10.2 Å². The van der Waals surface area contributed by atoms with E-state index in [4.69, 9.17) is 0 Å². The van der Waals surface area contributed by atoms with Gasteiger partial charge >= 0.3 is 29.6 Å². The summed E-state index contributed by atoms with van der Waals surface area (Å²) in [6, 6.07) is 4.14. The van der Waals surface area contributed by atoms with Crippen LogP contribution in [0.3, 0.4) is 0 Å². The molecule has 0 spiro atoms. The summed E-state index contributed by atoms with van der Waals surface area (Å²) in [6.45, 7) is 0. The van der Waals surface area contributed by atoms with Crippen LogP contribution in [0, 0.1) is 0 Å². The molecule has 1 aliphatic rings. The van der Waals surface area contributed by atoms with E-state index in [0.717, 1.165) is 10.2 Å². The summed E-state index contributed by atoms with van der Waals surface area (Å²) in [5, 5.41) is 21.4. The Hall–Kier alpha value is -0.600. The van der Waals surface area contributed by atoms with Gasteiger partial charge in [-0.3, -0.25) is 4.99 Å². The van der Waals surface area contributed by atoms with Crippen LogP contribution >= 0.6 is 23.1 Å². The van der Waals surface area contributed by atoms with Crippen molar-refractivity contribution in [3.63, 3.8) is 0 Å². The quantitative estimate of drug-likeness (QED) is 0.626. The zero-order valence-corrected chi connectivity index (χ0v) is 13.6. The number of aliphatic imine (C=N–C) groups is 1. The number of aliphatic carboxylic acids is 1. The standard InChI is InChI=1S/C11H8N2O3S2.Na/c14-5-1-2-6-8(3-5)18-10(12-6)9-13-7(4-17-9)11(15)16;/h1-3,7,14H,4H2,(H,15,16);/q;+1/p-1/t7-;/m0./s1. The molecule has 1 aromatic carbocycles. The normalized spacial score (nSPS) is 18.1. The number of rotatable bonds is 2. The molecule has 2 heterocycles. The first-order valence-corrected chi connectivity index (χ1v) is 6.95. The van der Waals surface area contributed by atoms with Crippen molar-refractivity contribution < 1.29 is 44.6 Å². The maximum Gasteiger partial charge on any atom is 1.00 e. The number of phenols is 1. The molecule has 2 aromatic rings. The Bertz CT molecular complexity index is 671. The first kappa shape index (κ1) is 14.8. The molecule has 92 valence electrons. The molecule has 1 aromatic heterocycles. The minimum Gasteiger partial charge on any atom is -0.548 e. The summed E-state index contributed by atoms with van der Waals surface area (Å²) in [5.41, 5.74) is 0.771. The maximum atomic E-state index is 10.7. The molecule has 0 radical (unpaired) electrons. The first-order valence-electron chi connectivity index (χ1n) is 5.15. The van der Waals surface area contributed by atoms with E-state index in [0.29, 0.717) is 15.8 Å². The van der Waals surface area contributed by atoms with Gasteiger partial charge in [-0.2, -0.15) is 0 Å². The average molecular weight is 302 g/mol. The molecule has 1 aliphatic heterocycles. The molecule has 8 heteroatoms. The predicted molar refractivity (Wildman–Crippen MR) is 69.1 cm³/mol. The van der Waals surface area contributed by atoms with Gasteiger partial charge in [-0.15, -0.1) is 23.1 Å². The summed E-state index contributed by atoms with van der Waals surface area (Å²) < 4.78 is 0.852. The Kier molecular flexibility index (Phi) is 4.52. The van der Waals surface area contributed by atoms with Gasteiger partial charge in [0.15, 0.2) is 0 Å². The largest absolute Gasteiger partial charge is 1.00 e. The fraction of sp³-hybridized carbons (Fsp3) is 0.182. The van der Waals surface area contributed by atoms with Crippen LogP contribution in [-0.4, -0.2) is 32.9 Å². The zero-order chi connectivity index (χ0) is 12.7. The van der Waals surface area contributed by atoms with E-state index >= 15 is 0 Å². The number of thiazole rings is 1. The van der Waals surface area contributed by atoms with Crippen LogP contribution in [0.5, 0.6) is 5.75 Å². The topological polar surface area (TPSA) is 85.6 Å². The summed E-state index contributed by atoms with van der Waals surface area (Å²) in [6.07, 6.45) is 0. The van der Waals surface area contributed by atoms with Gasteiger partial charge in [0.1, 0.15) is 21.8 Å². The molecule has 1 N–H and O–H groups in total. The molecule has 0 saturated carbocycles. The van der Waals surface area contributed by atoms with Crippen molar-refractivity contribution in [2.75, 3.05) is 5.75 Å². The Morgan fingerprint density at radius 1 is 1.47 bits per heavy atom. The van der Waals surface area contributed by atoms with Crippen LogP contribution < -0.4 is 34.7 Å². The number of carbonyl (C=O) groups excluding carboxylic acids is 1. The third-order valence-electron chi connectivity index (χ3n) is 2.48. The second kappa shape index (κ2) is 5.80. The van der Waals surface area contributed by atoms with E-state index in [1.165, 1.54) is 23.1 Å². The van der Waals surface area contributed by atoms with E-state index in [-0.39, 0.29) is 35.3 Å². The third kappa shape index (κ3) is 2.95. The summed E-state index contributed by atoms with van der Waals surface area (Å²) in [4.78, 5) is 19.2. The van der Waals surface area contributed by atoms with Gasteiger partial charge in [-0.05, 0) is 18.2 Å². The number of carbonyl (C=O) groups is 1. The van der Waals surface area contributed by atoms with Crippen LogP contribution in [0.1, 0.15) is 5.01 Å². The zero-order valence-electron chi connectivity index (χ0n) is 9.99. The number of hydrogen-bond acceptors (Lipinski definition) is 7. The molecule has 0 unspecified atom stereocenters. The summed E-state index contributed by atoms with van der Waals surface area (Å²) >= 11 is 2.75. The van der Waals surface area contributed by atoms with E-state index in [2.05, 4.69) is 9.98 Å². The Morgan fingerprint density at radius 2 is 2.26 bits per heavy atom. The van der Waals surface area contributed by atoms with Gasteiger partial charge in [0.05, 0.1) is 16.2 Å². The second-order valence-corrected chi connectivity index (χ2v) is 5.79. The van der Waals surface area contributed by atoms with Crippen molar-refractivity contribution in [3.05, 3.63) is 23.2 Å². The number of aromatic hydroxyl groups is 1. The summed E-state index contributed by atoms with van der Waals surface area (Å²) in [7, 11) is 0. The second-order valence-electron chi connectivity index (χ2n) is 3.75. The van der Waals surface area contributed by atoms with E-state index in [1.54, 1.807) is 18.2 Å². The predicted octanol–water partition coefficient (Wildman–Crippen LogP) is -2.38. The average Bonchev–Trinajstić information content (AvgIpc) is 2.93. The molecule has 0 amide bonds. The molecular formula is C11H7N2NaO3S2. The van der Waals surface area contributed by atoms with Gasteiger partial charge in [0.25, 0.3) is 0 Å². The molecule has 0 bridgehead atoms. The fourth-order valence-electron chi connectivity index (χ4n) is 1.62. The number of carboxylic acid groups (broad SMARTS) is 1. The van der Waals surface area contributed by atoms with Crippen molar-refractivity contribution in [1.29, 1.82) is 0 Å². The van der Waals surface area contributed by atoms with Gasteiger partial charge < -0.3 is 15.0 Å². The number of nitrogens with zero attached hydrogens (tertiary/aromatic N) is 2. The minimum atomic E-state index is -1.16. The van der Waals surface area contributed by atoms with Gasteiger partial charge in [-0.1, -0.05) is 0 Å². The number of benzene rings is 1. The van der Waals surface area contributed by atoms with Crippen LogP contribution in [-0.2, 0) is 4.79 Å². The van der Waals surface area contributed by atoms with E-state index in [9.17, 15) is 15.0 Å². The number of carboxylic acids is 1. The van der Waals surface area contributed by atoms with Gasteiger partial charge in [0.2, 0.25) is 0 Å². The Morgan fingerprint density at radius 3 is 2.95 bits per heavy atom. The maximum absolute atomic E-state index is 10.7. The van der Waals surface area contributed by atoms with Crippen molar-refractivity contribution in [1.82, 2.24) is 4.98 Å². The Balaban J connectivity index is 0.00000133. The monoisotopic (exact) mass is 302 g/mol. The van der Waals surface area contributed by atoms with Crippen LogP contribution in [0.15, 0.2) is 23.2 Å². The molecule has 3 rings (SSSR count). The molecular weight excluding hydrogens is 295 g/mol. The third-order valence-corrected chi connectivity index (χ3v) is 4.69. The number of phenolic OH excluding ortho intramolecular Hbond substituents is 1. The van der Waals surface area contributed by atoms with Crippen molar-refractivity contribution in [2.45, 2.75) is 6.04 Å². The molecule has 5 nitrogen and oxygen atoms in total. The molecule has 1 atom stereocenters. The fourth-order valence-corrected chi connectivity index (χ4v) is 3.71. The van der Waals surface area contributed by atoms with Gasteiger partial charge in [0, 0.05) is 5.75 Å². The SMILES string of the molecule is O=C([O-])[C@@H]1CSC(c2nc3ccc(O)cc3s2)=N1.[Na+]. The van der Waals surface area contributed by atoms with Crippen molar-refractivity contribution >= 4 is 44.3 Å². The molecule has 0 saturated heterocycles. The molecule has 19 heavy (non-hydrogen) atoms. The molecule has 0 fully saturated rings. The molecule has 0 aliphatic carbocycles. The van der Waals surface area contributed by atoms with Crippen LogP contribution in [0.4, 0.5) is 0 Å². The van der Waals surface area contributed by atoms with E-state index < -0.39 is 12.0 Å². The number of hydrogen-bond donors (Lipinski definition) is 1. The smallest absolute Gasteiger partial charge is 0.548 e. The number of fused-ring (bicyclic) bond motifs is 1. The number of aromatic nitrogens is 1. The van der Waals surface area contributed by atoms with Gasteiger partial charge in [-0.25, -0.2) is 4.98 Å². The van der Waals surface area contributed by atoms with E-state index in [1.807, 2.05) is 0 Å². The van der Waals surface area contributed by atoms with Crippen molar-refractivity contribution in [2.24, 2.45) is 4.99 Å². The van der Waals surface area contributed by atoms with Crippen molar-refractivity contribution in [3.8, 4) is 5.75 Å². The number of thioether (sulfide) groups is 1.